The SMILES string of the molecule is CC(C)NCCOCCOCCC(=O)ON1C(=O)CCC1=O. The number of ether oxygens (including phenoxy) is 2. The van der Waals surface area contributed by atoms with Gasteiger partial charge >= 0.3 is 5.97 Å². The van der Waals surface area contributed by atoms with Crippen LogP contribution in [0.1, 0.15) is 33.1 Å². The normalized spacial score (nSPS) is 15.0. The van der Waals surface area contributed by atoms with Crippen molar-refractivity contribution >= 4 is 17.8 Å². The lowest BCUT2D eigenvalue weighted by molar-refractivity contribution is -0.198. The summed E-state index contributed by atoms with van der Waals surface area (Å²) in [6.07, 6.45) is 0.156. The Morgan fingerprint density at radius 2 is 1.68 bits per heavy atom. The maximum atomic E-state index is 11.4. The number of amides is 2. The van der Waals surface area contributed by atoms with Gasteiger partial charge in [0, 0.05) is 25.4 Å². The van der Waals surface area contributed by atoms with Crippen molar-refractivity contribution in [1.29, 1.82) is 0 Å². The Morgan fingerprint density at radius 1 is 1.09 bits per heavy atom. The van der Waals surface area contributed by atoms with Gasteiger partial charge in [0.15, 0.2) is 0 Å². The van der Waals surface area contributed by atoms with Crippen LogP contribution in [0.4, 0.5) is 0 Å². The third-order valence-electron chi connectivity index (χ3n) is 2.82. The van der Waals surface area contributed by atoms with Crippen molar-refractivity contribution in [2.45, 2.75) is 39.2 Å². The Kier molecular flexibility index (Phi) is 8.64. The Hall–Kier alpha value is -1.51. The molecule has 0 aromatic heterocycles. The quantitative estimate of drug-likeness (QED) is 0.424. The van der Waals surface area contributed by atoms with Crippen molar-refractivity contribution in [1.82, 2.24) is 10.4 Å². The average molecular weight is 316 g/mol. The molecule has 8 heteroatoms. The molecule has 0 aliphatic carbocycles. The number of nitrogens with one attached hydrogen (secondary N) is 1. The second kappa shape index (κ2) is 10.3. The molecule has 1 rings (SSSR count). The smallest absolute Gasteiger partial charge is 0.335 e. The maximum Gasteiger partial charge on any atom is 0.335 e. The van der Waals surface area contributed by atoms with Crippen LogP contribution >= 0.6 is 0 Å². The summed E-state index contributed by atoms with van der Waals surface area (Å²) in [5, 5.41) is 3.75. The largest absolute Gasteiger partial charge is 0.378 e. The van der Waals surface area contributed by atoms with Crippen LogP contribution in [0.5, 0.6) is 0 Å². The van der Waals surface area contributed by atoms with Crippen LogP contribution < -0.4 is 5.32 Å². The van der Waals surface area contributed by atoms with Crippen molar-refractivity contribution in [2.75, 3.05) is 33.0 Å². The molecule has 0 atom stereocenters. The molecule has 1 aliphatic rings. The fourth-order valence-corrected chi connectivity index (χ4v) is 1.70. The van der Waals surface area contributed by atoms with Gasteiger partial charge in [0.05, 0.1) is 32.8 Å². The minimum Gasteiger partial charge on any atom is -0.378 e. The standard InChI is InChI=1S/C14H24N2O6/c1-11(2)15-6-8-21-10-9-20-7-5-14(19)22-16-12(17)3-4-13(16)18/h11,15H,3-10H2,1-2H3. The van der Waals surface area contributed by atoms with Gasteiger partial charge in [-0.2, -0.15) is 0 Å². The highest BCUT2D eigenvalue weighted by Crippen LogP contribution is 2.12. The van der Waals surface area contributed by atoms with Crippen LogP contribution in [-0.2, 0) is 28.7 Å². The van der Waals surface area contributed by atoms with Gasteiger partial charge in [-0.25, -0.2) is 4.79 Å². The molecule has 0 aromatic rings. The third kappa shape index (κ3) is 7.48. The summed E-state index contributed by atoms with van der Waals surface area (Å²) in [5.74, 6) is -1.63. The van der Waals surface area contributed by atoms with Gasteiger partial charge in [0.1, 0.15) is 0 Å². The second-order valence-electron chi connectivity index (χ2n) is 5.13. The number of carbonyl (C=O) groups excluding carboxylic acids is 3. The Labute approximate surface area is 130 Å². The number of imide groups is 1. The van der Waals surface area contributed by atoms with E-state index in [0.29, 0.717) is 30.9 Å². The van der Waals surface area contributed by atoms with E-state index < -0.39 is 17.8 Å². The van der Waals surface area contributed by atoms with Crippen LogP contribution in [0.25, 0.3) is 0 Å². The second-order valence-corrected chi connectivity index (χ2v) is 5.13. The third-order valence-corrected chi connectivity index (χ3v) is 2.82. The van der Waals surface area contributed by atoms with E-state index in [0.717, 1.165) is 6.54 Å². The monoisotopic (exact) mass is 316 g/mol. The predicted molar refractivity (Wildman–Crippen MR) is 76.6 cm³/mol. The molecule has 1 heterocycles. The lowest BCUT2D eigenvalue weighted by Gasteiger charge is -2.12. The molecular weight excluding hydrogens is 292 g/mol. The van der Waals surface area contributed by atoms with E-state index in [2.05, 4.69) is 19.2 Å². The fourth-order valence-electron chi connectivity index (χ4n) is 1.70. The highest BCUT2D eigenvalue weighted by Gasteiger charge is 2.32. The molecule has 0 unspecified atom stereocenters. The number of hydroxylamine groups is 2. The first-order chi connectivity index (χ1) is 10.5. The fraction of sp³-hybridized carbons (Fsp3) is 0.786. The van der Waals surface area contributed by atoms with Crippen LogP contribution in [0.3, 0.4) is 0 Å². The minimum absolute atomic E-state index is 0.0219. The molecule has 0 saturated carbocycles. The van der Waals surface area contributed by atoms with Crippen LogP contribution in [0.2, 0.25) is 0 Å². The van der Waals surface area contributed by atoms with E-state index in [1.807, 2.05) is 0 Å². The first-order valence-corrected chi connectivity index (χ1v) is 7.46. The van der Waals surface area contributed by atoms with Gasteiger partial charge in [-0.05, 0) is 0 Å². The first kappa shape index (κ1) is 18.5. The molecule has 0 aromatic carbocycles. The molecule has 8 nitrogen and oxygen atoms in total. The van der Waals surface area contributed by atoms with Gasteiger partial charge in [-0.15, -0.1) is 5.06 Å². The highest BCUT2D eigenvalue weighted by molar-refractivity contribution is 6.01. The Morgan fingerprint density at radius 3 is 2.27 bits per heavy atom. The van der Waals surface area contributed by atoms with Crippen molar-refractivity contribution in [2.24, 2.45) is 0 Å². The zero-order valence-corrected chi connectivity index (χ0v) is 13.1. The number of rotatable bonds is 11. The molecule has 1 saturated heterocycles. The van der Waals surface area contributed by atoms with Gasteiger partial charge < -0.3 is 19.6 Å². The topological polar surface area (TPSA) is 94.2 Å². The molecule has 1 fully saturated rings. The molecule has 1 N–H and O–H groups in total. The van der Waals surface area contributed by atoms with Crippen LogP contribution in [0.15, 0.2) is 0 Å². The number of hydrogen-bond donors (Lipinski definition) is 1. The van der Waals surface area contributed by atoms with E-state index in [1.54, 1.807) is 0 Å². The van der Waals surface area contributed by atoms with E-state index in [9.17, 15) is 14.4 Å². The van der Waals surface area contributed by atoms with Crippen LogP contribution in [-0.4, -0.2) is 61.9 Å². The first-order valence-electron chi connectivity index (χ1n) is 7.46. The lowest BCUT2D eigenvalue weighted by Crippen LogP contribution is -2.32. The molecular formula is C14H24N2O6. The maximum absolute atomic E-state index is 11.4. The summed E-state index contributed by atoms with van der Waals surface area (Å²) in [6.45, 7) is 6.47. The van der Waals surface area contributed by atoms with Crippen molar-refractivity contribution in [3.8, 4) is 0 Å². The van der Waals surface area contributed by atoms with Gasteiger partial charge in [-0.3, -0.25) is 9.59 Å². The molecule has 22 heavy (non-hydrogen) atoms. The zero-order chi connectivity index (χ0) is 16.4. The Bertz CT molecular complexity index is 370. The highest BCUT2D eigenvalue weighted by atomic mass is 16.7. The average Bonchev–Trinajstić information content (AvgIpc) is 2.77. The van der Waals surface area contributed by atoms with Crippen LogP contribution in [0, 0.1) is 0 Å². The number of hydrogen-bond acceptors (Lipinski definition) is 7. The zero-order valence-electron chi connectivity index (χ0n) is 13.1. The van der Waals surface area contributed by atoms with E-state index in [1.165, 1.54) is 0 Å². The van der Waals surface area contributed by atoms with Gasteiger partial charge in [0.2, 0.25) is 0 Å². The minimum atomic E-state index is -0.661. The molecule has 0 spiro atoms. The Balaban J connectivity index is 1.95. The summed E-state index contributed by atoms with van der Waals surface area (Å²) in [4.78, 5) is 38.6. The molecule has 0 bridgehead atoms. The summed E-state index contributed by atoms with van der Waals surface area (Å²) in [6, 6.07) is 0.431. The predicted octanol–water partition coefficient (Wildman–Crippen LogP) is 0.0149. The molecule has 126 valence electrons. The molecule has 1 aliphatic heterocycles. The molecule has 0 radical (unpaired) electrons. The van der Waals surface area contributed by atoms with E-state index in [4.69, 9.17) is 14.3 Å². The van der Waals surface area contributed by atoms with Crippen molar-refractivity contribution in [3.63, 3.8) is 0 Å². The van der Waals surface area contributed by atoms with E-state index >= 15 is 0 Å². The van der Waals surface area contributed by atoms with Gasteiger partial charge in [0.25, 0.3) is 11.8 Å². The van der Waals surface area contributed by atoms with Crippen molar-refractivity contribution < 1.29 is 28.7 Å². The summed E-state index contributed by atoms with van der Waals surface area (Å²) in [5.41, 5.74) is 0. The van der Waals surface area contributed by atoms with Gasteiger partial charge in [-0.1, -0.05) is 13.8 Å². The molecule has 2 amide bonds. The lowest BCUT2D eigenvalue weighted by atomic mass is 10.4. The summed E-state index contributed by atoms with van der Waals surface area (Å²) in [7, 11) is 0. The number of nitrogens with zero attached hydrogens (tertiary/aromatic N) is 1. The van der Waals surface area contributed by atoms with E-state index in [-0.39, 0.29) is 25.9 Å². The summed E-state index contributed by atoms with van der Waals surface area (Å²) < 4.78 is 10.5. The summed E-state index contributed by atoms with van der Waals surface area (Å²) >= 11 is 0. The van der Waals surface area contributed by atoms with Crippen molar-refractivity contribution in [3.05, 3.63) is 0 Å². The number of carbonyl (C=O) groups is 3.